The summed E-state index contributed by atoms with van der Waals surface area (Å²) in [6, 6.07) is 1.71. The molecule has 1 fully saturated rings. The molecule has 4 nitrogen and oxygen atoms in total. The molecule has 0 aliphatic heterocycles. The molecule has 0 aromatic carbocycles. The van der Waals surface area contributed by atoms with Gasteiger partial charge in [0.05, 0.1) is 11.8 Å². The number of pyridine rings is 1. The van der Waals surface area contributed by atoms with E-state index in [0.717, 1.165) is 12.8 Å². The highest BCUT2D eigenvalue weighted by molar-refractivity contribution is 5.94. The molecule has 1 amide bonds. The highest BCUT2D eigenvalue weighted by Crippen LogP contribution is 2.27. The molecule has 1 aromatic rings. The summed E-state index contributed by atoms with van der Waals surface area (Å²) in [4.78, 5) is 15.9. The van der Waals surface area contributed by atoms with Crippen LogP contribution in [0.3, 0.4) is 0 Å². The third kappa shape index (κ3) is 3.00. The molecule has 2 unspecified atom stereocenters. The number of rotatable bonds is 3. The topological polar surface area (TPSA) is 62.2 Å². The van der Waals surface area contributed by atoms with Crippen LogP contribution >= 0.6 is 0 Å². The van der Waals surface area contributed by atoms with E-state index in [9.17, 15) is 9.90 Å². The zero-order valence-electron chi connectivity index (χ0n) is 10.7. The fourth-order valence-electron chi connectivity index (χ4n) is 2.69. The molecular formula is C14H20N2O2. The van der Waals surface area contributed by atoms with E-state index in [0.29, 0.717) is 11.5 Å². The smallest absolute Gasteiger partial charge is 0.253 e. The van der Waals surface area contributed by atoms with E-state index in [2.05, 4.69) is 17.2 Å². The van der Waals surface area contributed by atoms with Crippen molar-refractivity contribution in [1.29, 1.82) is 0 Å². The van der Waals surface area contributed by atoms with Gasteiger partial charge in [0.1, 0.15) is 5.75 Å². The fourth-order valence-corrected chi connectivity index (χ4v) is 2.69. The Bertz CT molecular complexity index is 420. The molecule has 4 heteroatoms. The van der Waals surface area contributed by atoms with Gasteiger partial charge in [0.2, 0.25) is 0 Å². The van der Waals surface area contributed by atoms with Gasteiger partial charge in [-0.3, -0.25) is 9.78 Å². The van der Waals surface area contributed by atoms with Crippen LogP contribution in [-0.2, 0) is 0 Å². The van der Waals surface area contributed by atoms with E-state index in [-0.39, 0.29) is 17.7 Å². The van der Waals surface area contributed by atoms with Crippen LogP contribution in [0.1, 0.15) is 49.4 Å². The van der Waals surface area contributed by atoms with Crippen LogP contribution in [0, 0.1) is 5.92 Å². The second-order valence-corrected chi connectivity index (χ2v) is 4.96. The quantitative estimate of drug-likeness (QED) is 0.863. The summed E-state index contributed by atoms with van der Waals surface area (Å²) in [6.45, 7) is 2.17. The van der Waals surface area contributed by atoms with Gasteiger partial charge in [0.25, 0.3) is 5.91 Å². The Kier molecular flexibility index (Phi) is 4.18. The number of amides is 1. The minimum absolute atomic E-state index is 0.0262. The summed E-state index contributed by atoms with van der Waals surface area (Å²) < 4.78 is 0. The van der Waals surface area contributed by atoms with E-state index in [1.165, 1.54) is 37.7 Å². The summed E-state index contributed by atoms with van der Waals surface area (Å²) in [5, 5.41) is 12.4. The van der Waals surface area contributed by atoms with Crippen molar-refractivity contribution >= 4 is 5.91 Å². The minimum Gasteiger partial charge on any atom is -0.506 e. The van der Waals surface area contributed by atoms with Crippen LogP contribution in [0.2, 0.25) is 0 Å². The maximum absolute atomic E-state index is 12.1. The van der Waals surface area contributed by atoms with Gasteiger partial charge in [-0.05, 0) is 24.8 Å². The first-order chi connectivity index (χ1) is 8.70. The number of hydrogen-bond acceptors (Lipinski definition) is 3. The van der Waals surface area contributed by atoms with Crippen LogP contribution in [0.15, 0.2) is 18.5 Å². The average molecular weight is 248 g/mol. The zero-order chi connectivity index (χ0) is 13.0. The first-order valence-corrected chi connectivity index (χ1v) is 6.65. The predicted molar refractivity (Wildman–Crippen MR) is 69.4 cm³/mol. The molecule has 2 atom stereocenters. The van der Waals surface area contributed by atoms with Gasteiger partial charge in [-0.25, -0.2) is 0 Å². The second-order valence-electron chi connectivity index (χ2n) is 4.96. The van der Waals surface area contributed by atoms with E-state index in [1.807, 2.05) is 0 Å². The van der Waals surface area contributed by atoms with Gasteiger partial charge >= 0.3 is 0 Å². The third-order valence-corrected chi connectivity index (χ3v) is 3.74. The third-order valence-electron chi connectivity index (χ3n) is 3.74. The Hall–Kier alpha value is -1.58. The first kappa shape index (κ1) is 12.9. The van der Waals surface area contributed by atoms with Crippen molar-refractivity contribution in [1.82, 2.24) is 10.3 Å². The number of carbonyl (C=O) groups is 1. The Labute approximate surface area is 107 Å². The molecule has 1 aliphatic carbocycles. The van der Waals surface area contributed by atoms with Crippen molar-refractivity contribution in [2.45, 2.75) is 45.1 Å². The number of nitrogens with zero attached hydrogens (tertiary/aromatic N) is 1. The predicted octanol–water partition coefficient (Wildman–Crippen LogP) is 2.49. The minimum atomic E-state index is -0.135. The highest BCUT2D eigenvalue weighted by atomic mass is 16.3. The van der Waals surface area contributed by atoms with Gasteiger partial charge < -0.3 is 10.4 Å². The van der Waals surface area contributed by atoms with Crippen LogP contribution in [0.5, 0.6) is 5.75 Å². The van der Waals surface area contributed by atoms with Gasteiger partial charge in [0.15, 0.2) is 0 Å². The summed E-state index contributed by atoms with van der Waals surface area (Å²) in [5.41, 5.74) is 0.426. The zero-order valence-corrected chi connectivity index (χ0v) is 10.7. The standard InChI is InChI=1S/C14H20N2O2/c1-2-10-5-3-4-6-13(10)16-14(18)11-7-12(17)9-15-8-11/h7-10,13,17H,2-6H2,1H3,(H,16,18). The molecule has 0 bridgehead atoms. The number of carbonyl (C=O) groups excluding carboxylic acids is 1. The summed E-state index contributed by atoms with van der Waals surface area (Å²) >= 11 is 0. The lowest BCUT2D eigenvalue weighted by Gasteiger charge is -2.31. The Morgan fingerprint density at radius 1 is 1.44 bits per heavy atom. The second kappa shape index (κ2) is 5.85. The molecule has 1 heterocycles. The van der Waals surface area contributed by atoms with Crippen molar-refractivity contribution in [2.24, 2.45) is 5.92 Å². The van der Waals surface area contributed by atoms with E-state index in [4.69, 9.17) is 0 Å². The van der Waals surface area contributed by atoms with E-state index >= 15 is 0 Å². The van der Waals surface area contributed by atoms with Crippen LogP contribution in [0.4, 0.5) is 0 Å². The average Bonchev–Trinajstić information content (AvgIpc) is 2.39. The van der Waals surface area contributed by atoms with Gasteiger partial charge in [-0.15, -0.1) is 0 Å². The van der Waals surface area contributed by atoms with Crippen molar-refractivity contribution in [3.8, 4) is 5.75 Å². The van der Waals surface area contributed by atoms with Crippen molar-refractivity contribution in [3.63, 3.8) is 0 Å². The Morgan fingerprint density at radius 3 is 2.94 bits per heavy atom. The molecule has 2 rings (SSSR count). The molecule has 18 heavy (non-hydrogen) atoms. The van der Waals surface area contributed by atoms with Crippen LogP contribution < -0.4 is 5.32 Å². The summed E-state index contributed by atoms with van der Waals surface area (Å²) in [7, 11) is 0. The lowest BCUT2D eigenvalue weighted by atomic mass is 9.83. The van der Waals surface area contributed by atoms with Gasteiger partial charge in [-0.1, -0.05) is 26.2 Å². The van der Waals surface area contributed by atoms with Crippen molar-refractivity contribution in [2.75, 3.05) is 0 Å². The molecule has 1 aromatic heterocycles. The maximum atomic E-state index is 12.1. The molecule has 0 spiro atoms. The number of aromatic nitrogens is 1. The van der Waals surface area contributed by atoms with Gasteiger partial charge in [0, 0.05) is 12.2 Å². The number of nitrogens with one attached hydrogen (secondary N) is 1. The van der Waals surface area contributed by atoms with Gasteiger partial charge in [-0.2, -0.15) is 0 Å². The maximum Gasteiger partial charge on any atom is 0.253 e. The monoisotopic (exact) mass is 248 g/mol. The Morgan fingerprint density at radius 2 is 2.22 bits per heavy atom. The molecule has 1 saturated carbocycles. The SMILES string of the molecule is CCC1CCCCC1NC(=O)c1cncc(O)c1. The summed E-state index contributed by atoms with van der Waals surface area (Å²) in [6.07, 6.45) is 8.60. The van der Waals surface area contributed by atoms with E-state index < -0.39 is 0 Å². The number of hydrogen-bond donors (Lipinski definition) is 2. The van der Waals surface area contributed by atoms with Crippen LogP contribution in [0.25, 0.3) is 0 Å². The van der Waals surface area contributed by atoms with Crippen molar-refractivity contribution < 1.29 is 9.90 Å². The lowest BCUT2D eigenvalue weighted by Crippen LogP contribution is -2.41. The molecular weight excluding hydrogens is 228 g/mol. The highest BCUT2D eigenvalue weighted by Gasteiger charge is 2.25. The molecule has 98 valence electrons. The molecule has 0 radical (unpaired) electrons. The molecule has 0 saturated heterocycles. The number of aromatic hydroxyl groups is 1. The molecule has 1 aliphatic rings. The van der Waals surface area contributed by atoms with Crippen molar-refractivity contribution in [3.05, 3.63) is 24.0 Å². The summed E-state index contributed by atoms with van der Waals surface area (Å²) in [5.74, 6) is 0.468. The fraction of sp³-hybridized carbons (Fsp3) is 0.571. The largest absolute Gasteiger partial charge is 0.506 e. The lowest BCUT2D eigenvalue weighted by molar-refractivity contribution is 0.0904. The Balaban J connectivity index is 2.02. The van der Waals surface area contributed by atoms with Crippen LogP contribution in [-0.4, -0.2) is 22.0 Å². The molecule has 2 N–H and O–H groups in total. The normalized spacial score (nSPS) is 23.6. The van der Waals surface area contributed by atoms with E-state index in [1.54, 1.807) is 0 Å². The first-order valence-electron chi connectivity index (χ1n) is 6.65.